The molecular formula is C15H29I3N3O4V. The van der Waals surface area contributed by atoms with Gasteiger partial charge in [0, 0.05) is 24.7 Å². The molecule has 2 rings (SSSR count). The quantitative estimate of drug-likeness (QED) is 0.350. The van der Waals surface area contributed by atoms with Crippen LogP contribution in [-0.4, -0.2) is 46.8 Å². The summed E-state index contributed by atoms with van der Waals surface area (Å²) < 4.78 is 0. The molecule has 1 N–H and O–H groups in total. The van der Waals surface area contributed by atoms with E-state index in [4.69, 9.17) is 0 Å². The molecule has 2 fully saturated rings. The number of nitrogens with zero attached hydrogens (tertiary/aromatic N) is 2. The van der Waals surface area contributed by atoms with E-state index in [1.165, 1.54) is 0 Å². The molecule has 0 spiro atoms. The first kappa shape index (κ1) is 31.7. The fraction of sp³-hybridized carbons (Fsp3) is 0.733. The standard InChI is InChI=1S/C12H17N3O4.3CH4.3HI.V/c1-7-3-9(16)14(11(7)18)5-13-6-15-10(17)4-8(2)12(15)19;;;;;;;/h7-8,13H,3-6H2,1-2H3;3*1H4;3*1H;/q;;;;;;;+3/p-3. The van der Waals surface area contributed by atoms with Crippen molar-refractivity contribution in [2.45, 2.75) is 49.0 Å². The van der Waals surface area contributed by atoms with Crippen LogP contribution in [0.4, 0.5) is 0 Å². The van der Waals surface area contributed by atoms with Gasteiger partial charge >= 0.3 is 64.9 Å². The minimum absolute atomic E-state index is 0. The first-order chi connectivity index (χ1) is 10.6. The van der Waals surface area contributed by atoms with E-state index in [1.807, 2.05) is 0 Å². The Morgan fingerprint density at radius 2 is 1.12 bits per heavy atom. The summed E-state index contributed by atoms with van der Waals surface area (Å²) in [6, 6.07) is 0. The van der Waals surface area contributed by atoms with Gasteiger partial charge in [0.05, 0.1) is 13.3 Å². The van der Waals surface area contributed by atoms with Crippen molar-refractivity contribution in [1.29, 1.82) is 0 Å². The van der Waals surface area contributed by atoms with Gasteiger partial charge in [-0.2, -0.15) is 0 Å². The van der Waals surface area contributed by atoms with Crippen molar-refractivity contribution in [2.24, 2.45) is 11.8 Å². The summed E-state index contributed by atoms with van der Waals surface area (Å²) in [6.07, 6.45) is 0.443. The normalized spacial score (nSPS) is 21.8. The van der Waals surface area contributed by atoms with Gasteiger partial charge < -0.3 is 0 Å². The molecule has 2 aliphatic heterocycles. The van der Waals surface area contributed by atoms with Gasteiger partial charge in [-0.1, -0.05) is 36.1 Å². The molecule has 0 bridgehead atoms. The first-order valence-electron chi connectivity index (χ1n) is 6.81. The Kier molecular flexibility index (Phi) is 18.2. The van der Waals surface area contributed by atoms with E-state index in [-0.39, 0.29) is 88.8 Å². The van der Waals surface area contributed by atoms with E-state index in [0.29, 0.717) is 0 Å². The van der Waals surface area contributed by atoms with E-state index in [0.717, 1.165) is 9.80 Å². The second kappa shape index (κ2) is 14.9. The fourth-order valence-electron chi connectivity index (χ4n) is 2.30. The number of imide groups is 2. The summed E-state index contributed by atoms with van der Waals surface area (Å²) in [5.74, 6) is -1.46. The van der Waals surface area contributed by atoms with Crippen molar-refractivity contribution in [3.8, 4) is 0 Å². The zero-order chi connectivity index (χ0) is 17.7. The molecule has 154 valence electrons. The number of amides is 4. The number of rotatable bonds is 4. The number of likely N-dealkylation sites (tertiary alicyclic amines) is 2. The Morgan fingerprint density at radius 3 is 1.31 bits per heavy atom. The molecule has 2 heterocycles. The molecule has 0 radical (unpaired) electrons. The van der Waals surface area contributed by atoms with E-state index in [1.54, 1.807) is 13.8 Å². The van der Waals surface area contributed by atoms with Crippen molar-refractivity contribution in [3.05, 3.63) is 0 Å². The van der Waals surface area contributed by atoms with Crippen molar-refractivity contribution >= 4 is 83.6 Å². The first-order valence-corrected chi connectivity index (χ1v) is 20.3. The third-order valence-corrected chi connectivity index (χ3v) is 3.48. The summed E-state index contributed by atoms with van der Waals surface area (Å²) in [5.41, 5.74) is 0. The third kappa shape index (κ3) is 9.48. The second-order valence-corrected chi connectivity index (χ2v) is 40.7. The summed E-state index contributed by atoms with van der Waals surface area (Å²) >= 11 is 7.39. The number of hydrogen-bond acceptors (Lipinski definition) is 5. The van der Waals surface area contributed by atoms with Gasteiger partial charge in [0.25, 0.3) is 0 Å². The van der Waals surface area contributed by atoms with Crippen LogP contribution in [-0.2, 0) is 24.1 Å². The number of carbonyl (C=O) groups is 4. The summed E-state index contributed by atoms with van der Waals surface area (Å²) in [7, 11) is 0. The van der Waals surface area contributed by atoms with Crippen LogP contribution < -0.4 is 5.32 Å². The average molecular weight is 747 g/mol. The number of nitrogens with one attached hydrogen (secondary N) is 1. The molecule has 2 saturated heterocycles. The Balaban J connectivity index is -0.000000689. The Labute approximate surface area is 194 Å². The molecule has 0 saturated carbocycles. The predicted octanol–water partition coefficient (Wildman–Crippen LogP) is 3.84. The van der Waals surface area contributed by atoms with Gasteiger partial charge in [-0.05, 0) is 0 Å². The molecule has 0 aromatic heterocycles. The zero-order valence-corrected chi connectivity index (χ0v) is 20.5. The number of hydrogen-bond donors (Lipinski definition) is 1. The van der Waals surface area contributed by atoms with Gasteiger partial charge in [-0.15, -0.1) is 0 Å². The molecular weight excluding hydrogens is 718 g/mol. The fourth-order valence-corrected chi connectivity index (χ4v) is 2.30. The Hall–Kier alpha value is 1.01. The molecule has 0 aliphatic carbocycles. The van der Waals surface area contributed by atoms with Gasteiger partial charge in [-0.25, -0.2) is 0 Å². The summed E-state index contributed by atoms with van der Waals surface area (Å²) in [5, 5.41) is 2.80. The van der Waals surface area contributed by atoms with Crippen molar-refractivity contribution in [3.63, 3.8) is 0 Å². The molecule has 2 unspecified atom stereocenters. The van der Waals surface area contributed by atoms with Crippen LogP contribution in [0, 0.1) is 11.8 Å². The number of halogens is 3. The van der Waals surface area contributed by atoms with Gasteiger partial charge in [0.2, 0.25) is 23.6 Å². The molecule has 11 heteroatoms. The summed E-state index contributed by atoms with van der Waals surface area (Å²) in [6.45, 7) is 3.48. The average Bonchev–Trinajstić information content (AvgIpc) is 2.81. The van der Waals surface area contributed by atoms with Crippen molar-refractivity contribution in [2.75, 3.05) is 13.3 Å². The maximum atomic E-state index is 11.6. The molecule has 2 atom stereocenters. The van der Waals surface area contributed by atoms with Crippen LogP contribution in [0.15, 0.2) is 0 Å². The van der Waals surface area contributed by atoms with Crippen LogP contribution in [0.1, 0.15) is 49.0 Å². The van der Waals surface area contributed by atoms with Gasteiger partial charge in [-0.3, -0.25) is 34.3 Å². The van der Waals surface area contributed by atoms with Crippen LogP contribution in [0.2, 0.25) is 0 Å². The minimum atomic E-state index is -0.288. The topological polar surface area (TPSA) is 86.8 Å². The maximum absolute atomic E-state index is 11.6. The van der Waals surface area contributed by atoms with Crippen LogP contribution in [0.3, 0.4) is 0 Å². The predicted molar refractivity (Wildman–Crippen MR) is 126 cm³/mol. The number of carbonyl (C=O) groups excluding carboxylic acids is 4. The zero-order valence-electron chi connectivity index (χ0n) is 12.6. The van der Waals surface area contributed by atoms with E-state index in [2.05, 4.69) is 65.3 Å². The third-order valence-electron chi connectivity index (χ3n) is 3.48. The second-order valence-electron chi connectivity index (χ2n) is 5.29. The molecule has 0 aromatic carbocycles. The van der Waals surface area contributed by atoms with Crippen molar-refractivity contribution < 1.29 is 24.1 Å². The monoisotopic (exact) mass is 747 g/mol. The molecule has 4 amide bonds. The Morgan fingerprint density at radius 1 is 0.846 bits per heavy atom. The van der Waals surface area contributed by atoms with Gasteiger partial charge in [0.1, 0.15) is 0 Å². The van der Waals surface area contributed by atoms with Crippen LogP contribution in [0.5, 0.6) is 0 Å². The van der Waals surface area contributed by atoms with E-state index >= 15 is 0 Å². The molecule has 2 aliphatic rings. The van der Waals surface area contributed by atoms with Crippen LogP contribution in [0.25, 0.3) is 0 Å². The molecule has 7 nitrogen and oxygen atoms in total. The van der Waals surface area contributed by atoms with E-state index in [9.17, 15) is 19.2 Å². The van der Waals surface area contributed by atoms with E-state index < -0.39 is 0 Å². The van der Waals surface area contributed by atoms with Gasteiger partial charge in [0.15, 0.2) is 0 Å². The van der Waals surface area contributed by atoms with Crippen LogP contribution >= 0.6 is 59.9 Å². The summed E-state index contributed by atoms with van der Waals surface area (Å²) in [4.78, 5) is 48.3. The Bertz CT molecular complexity index is 466. The van der Waals surface area contributed by atoms with Crippen molar-refractivity contribution in [1.82, 2.24) is 15.1 Å². The molecule has 26 heavy (non-hydrogen) atoms. The SMILES string of the molecule is C.C.C.CC1CC(=O)N(CNCN2C(=O)CC(C)C2=O)C1=O.[I][V]([I])[I]. The molecule has 0 aromatic rings.